The molecule has 1 aromatic rings. The predicted octanol–water partition coefficient (Wildman–Crippen LogP) is 1.64. The van der Waals surface area contributed by atoms with Crippen LogP contribution in [0.15, 0.2) is 18.2 Å². The number of nitrogens with zero attached hydrogens (tertiary/aromatic N) is 1. The maximum Gasteiger partial charge on any atom is 0.279 e. The molecule has 0 bridgehead atoms. The molecule has 1 aromatic carbocycles. The Labute approximate surface area is 147 Å². The first-order valence-corrected chi connectivity index (χ1v) is 9.02. The molecule has 3 rings (SSSR count). The summed E-state index contributed by atoms with van der Waals surface area (Å²) in [6, 6.07) is 4.23. The van der Waals surface area contributed by atoms with Crippen molar-refractivity contribution >= 4 is 17.3 Å². The average Bonchev–Trinajstić information content (AvgIpc) is 2.61. The molecule has 2 fully saturated rings. The van der Waals surface area contributed by atoms with Gasteiger partial charge in [-0.2, -0.15) is 0 Å². The Morgan fingerprint density at radius 2 is 2.08 bits per heavy atom. The van der Waals surface area contributed by atoms with Crippen molar-refractivity contribution in [3.63, 3.8) is 0 Å². The van der Waals surface area contributed by atoms with Crippen molar-refractivity contribution in [2.45, 2.75) is 32.1 Å². The molecule has 7 nitrogen and oxygen atoms in total. The summed E-state index contributed by atoms with van der Waals surface area (Å²) in [6.07, 6.45) is 6.54. The minimum Gasteiger partial charge on any atom is -0.494 e. The normalized spacial score (nSPS) is 25.7. The van der Waals surface area contributed by atoms with E-state index in [9.17, 15) is 14.9 Å². The van der Waals surface area contributed by atoms with E-state index in [0.29, 0.717) is 18.0 Å². The molecule has 1 amide bonds. The fourth-order valence-corrected chi connectivity index (χ4v) is 4.27. The summed E-state index contributed by atoms with van der Waals surface area (Å²) < 4.78 is 5.17. The number of hydrogen-bond donors (Lipinski definition) is 2. The number of nitrogens with one attached hydrogen (secondary N) is 2. The molecule has 3 atom stereocenters. The highest BCUT2D eigenvalue weighted by Crippen LogP contribution is 2.32. The first-order chi connectivity index (χ1) is 12.1. The second-order valence-corrected chi connectivity index (χ2v) is 7.16. The molecule has 1 aliphatic heterocycles. The largest absolute Gasteiger partial charge is 0.494 e. The first kappa shape index (κ1) is 17.7. The number of ether oxygens (including phenoxy) is 1. The van der Waals surface area contributed by atoms with E-state index in [0.717, 1.165) is 24.9 Å². The number of rotatable bonds is 5. The number of carbonyl (C=O) groups excluding carboxylic acids is 1. The topological polar surface area (TPSA) is 85.9 Å². The molecule has 7 heteroatoms. The number of benzene rings is 1. The fraction of sp³-hybridized carbons (Fsp3) is 0.611. The number of anilines is 1. The summed E-state index contributed by atoms with van der Waals surface area (Å²) in [7, 11) is 1.44. The Kier molecular flexibility index (Phi) is 5.53. The van der Waals surface area contributed by atoms with Gasteiger partial charge >= 0.3 is 0 Å². The third-order valence-electron chi connectivity index (χ3n) is 5.57. The SMILES string of the molecule is COc1cc([N+](=O)[O-])ccc1NC(=O)C[NH+]1CC[C@@H]2CCCC[C@@H]2C1. The molecule has 2 aliphatic rings. The molecule has 2 N–H and O–H groups in total. The Morgan fingerprint density at radius 3 is 2.80 bits per heavy atom. The number of nitro benzene ring substituents is 1. The second kappa shape index (κ2) is 7.82. The summed E-state index contributed by atoms with van der Waals surface area (Å²) in [6.45, 7) is 2.56. The fourth-order valence-electron chi connectivity index (χ4n) is 4.27. The van der Waals surface area contributed by atoms with Crippen LogP contribution in [0.5, 0.6) is 5.75 Å². The quantitative estimate of drug-likeness (QED) is 0.626. The van der Waals surface area contributed by atoms with Crippen molar-refractivity contribution < 1.29 is 19.4 Å². The average molecular weight is 348 g/mol. The number of quaternary nitrogens is 1. The van der Waals surface area contributed by atoms with Crippen LogP contribution < -0.4 is 15.0 Å². The number of methoxy groups -OCH3 is 1. The Hall–Kier alpha value is -2.15. The van der Waals surface area contributed by atoms with Crippen molar-refractivity contribution in [2.24, 2.45) is 11.8 Å². The molecule has 1 saturated heterocycles. The number of nitro groups is 1. The van der Waals surface area contributed by atoms with Crippen molar-refractivity contribution in [2.75, 3.05) is 32.1 Å². The molecule has 0 aromatic heterocycles. The van der Waals surface area contributed by atoms with E-state index in [1.807, 2.05) is 0 Å². The van der Waals surface area contributed by atoms with Gasteiger partial charge < -0.3 is 15.0 Å². The molecule has 0 radical (unpaired) electrons. The Bertz CT molecular complexity index is 649. The van der Waals surface area contributed by atoms with Gasteiger partial charge in [-0.15, -0.1) is 0 Å². The van der Waals surface area contributed by atoms with E-state index >= 15 is 0 Å². The smallest absolute Gasteiger partial charge is 0.279 e. The molecule has 136 valence electrons. The lowest BCUT2D eigenvalue weighted by atomic mass is 9.75. The Morgan fingerprint density at radius 1 is 1.32 bits per heavy atom. The van der Waals surface area contributed by atoms with Gasteiger partial charge in [-0.25, -0.2) is 0 Å². The lowest BCUT2D eigenvalue weighted by Crippen LogP contribution is -3.15. The predicted molar refractivity (Wildman–Crippen MR) is 93.9 cm³/mol. The number of hydrogen-bond acceptors (Lipinski definition) is 4. The first-order valence-electron chi connectivity index (χ1n) is 9.02. The maximum atomic E-state index is 12.4. The summed E-state index contributed by atoms with van der Waals surface area (Å²) in [5.74, 6) is 1.86. The van der Waals surface area contributed by atoms with Gasteiger partial charge in [0.1, 0.15) is 5.75 Å². The van der Waals surface area contributed by atoms with E-state index in [2.05, 4.69) is 5.32 Å². The molecule has 0 spiro atoms. The van der Waals surface area contributed by atoms with Crippen LogP contribution >= 0.6 is 0 Å². The number of non-ortho nitro benzene ring substituents is 1. The number of piperidine rings is 1. The summed E-state index contributed by atoms with van der Waals surface area (Å²) in [4.78, 5) is 24.1. The van der Waals surface area contributed by atoms with Gasteiger partial charge in [-0.1, -0.05) is 12.8 Å². The second-order valence-electron chi connectivity index (χ2n) is 7.16. The Balaban J connectivity index is 1.58. The van der Waals surface area contributed by atoms with E-state index in [1.165, 1.54) is 62.3 Å². The maximum absolute atomic E-state index is 12.4. The zero-order valence-electron chi connectivity index (χ0n) is 14.6. The highest BCUT2D eigenvalue weighted by atomic mass is 16.6. The lowest BCUT2D eigenvalue weighted by molar-refractivity contribution is -0.902. The lowest BCUT2D eigenvalue weighted by Gasteiger charge is -2.38. The van der Waals surface area contributed by atoms with Crippen LogP contribution in [0, 0.1) is 22.0 Å². The van der Waals surface area contributed by atoms with Gasteiger partial charge in [-0.3, -0.25) is 14.9 Å². The zero-order valence-corrected chi connectivity index (χ0v) is 14.6. The van der Waals surface area contributed by atoms with Crippen LogP contribution in [0.3, 0.4) is 0 Å². The number of carbonyl (C=O) groups is 1. The molecule has 1 heterocycles. The van der Waals surface area contributed by atoms with E-state index < -0.39 is 4.92 Å². The molecule has 1 saturated carbocycles. The van der Waals surface area contributed by atoms with E-state index in [-0.39, 0.29) is 11.6 Å². The van der Waals surface area contributed by atoms with Crippen LogP contribution in [-0.4, -0.2) is 37.6 Å². The highest BCUT2D eigenvalue weighted by Gasteiger charge is 2.34. The van der Waals surface area contributed by atoms with Gasteiger partial charge in [0, 0.05) is 12.0 Å². The van der Waals surface area contributed by atoms with Crippen LogP contribution in [0.25, 0.3) is 0 Å². The van der Waals surface area contributed by atoms with Crippen LogP contribution in [0.2, 0.25) is 0 Å². The molecular formula is C18H26N3O4+. The zero-order chi connectivity index (χ0) is 17.8. The van der Waals surface area contributed by atoms with Crippen molar-refractivity contribution in [3.8, 4) is 5.75 Å². The van der Waals surface area contributed by atoms with E-state index in [1.54, 1.807) is 0 Å². The monoisotopic (exact) mass is 348 g/mol. The van der Waals surface area contributed by atoms with Gasteiger partial charge in [0.2, 0.25) is 0 Å². The minimum absolute atomic E-state index is 0.0557. The van der Waals surface area contributed by atoms with Crippen molar-refractivity contribution in [1.29, 1.82) is 0 Å². The third kappa shape index (κ3) is 4.28. The summed E-state index contributed by atoms with van der Waals surface area (Å²) in [5, 5.41) is 13.7. The van der Waals surface area contributed by atoms with E-state index in [4.69, 9.17) is 4.74 Å². The van der Waals surface area contributed by atoms with Crippen molar-refractivity contribution in [1.82, 2.24) is 0 Å². The number of likely N-dealkylation sites (tertiary alicyclic amines) is 1. The van der Waals surface area contributed by atoms with Gasteiger partial charge in [0.05, 0.1) is 36.9 Å². The molecule has 25 heavy (non-hydrogen) atoms. The molecule has 1 unspecified atom stereocenters. The highest BCUT2D eigenvalue weighted by molar-refractivity contribution is 5.93. The van der Waals surface area contributed by atoms with Gasteiger partial charge in [0.25, 0.3) is 11.6 Å². The minimum atomic E-state index is -0.480. The van der Waals surface area contributed by atoms with Crippen molar-refractivity contribution in [3.05, 3.63) is 28.3 Å². The number of fused-ring (bicyclic) bond motifs is 1. The third-order valence-corrected chi connectivity index (χ3v) is 5.57. The summed E-state index contributed by atoms with van der Waals surface area (Å²) >= 11 is 0. The van der Waals surface area contributed by atoms with Gasteiger partial charge in [0.15, 0.2) is 6.54 Å². The summed E-state index contributed by atoms with van der Waals surface area (Å²) in [5.41, 5.74) is 0.421. The van der Waals surface area contributed by atoms with Crippen LogP contribution in [0.4, 0.5) is 11.4 Å². The number of amides is 1. The van der Waals surface area contributed by atoms with Gasteiger partial charge in [-0.05, 0) is 31.2 Å². The molecular weight excluding hydrogens is 322 g/mol. The standard InChI is InChI=1S/C18H25N3O4/c1-25-17-10-15(21(23)24)6-7-16(17)19-18(22)12-20-9-8-13-4-2-3-5-14(13)11-20/h6-7,10,13-14H,2-5,8-9,11-12H2,1H3,(H,19,22)/p+1/t13-,14+/m0/s1. The molecule has 1 aliphatic carbocycles. The van der Waals surface area contributed by atoms with Crippen LogP contribution in [-0.2, 0) is 4.79 Å². The van der Waals surface area contributed by atoms with Crippen LogP contribution in [0.1, 0.15) is 32.1 Å².